The zero-order valence-electron chi connectivity index (χ0n) is 14.0. The molecule has 5 nitrogen and oxygen atoms in total. The number of amides is 1. The van der Waals surface area contributed by atoms with E-state index in [0.717, 1.165) is 0 Å². The van der Waals surface area contributed by atoms with Gasteiger partial charge in [-0.1, -0.05) is 17.7 Å². The Morgan fingerprint density at radius 1 is 1.19 bits per heavy atom. The Morgan fingerprint density at radius 2 is 1.85 bits per heavy atom. The number of hydrogen-bond acceptors (Lipinski definition) is 3. The molecule has 1 amide bonds. The average molecular weight is 395 g/mol. The fourth-order valence-corrected chi connectivity index (χ4v) is 2.76. The van der Waals surface area contributed by atoms with Crippen molar-refractivity contribution in [1.82, 2.24) is 10.2 Å². The summed E-state index contributed by atoms with van der Waals surface area (Å²) in [6.45, 7) is 1.48. The van der Waals surface area contributed by atoms with Gasteiger partial charge < -0.3 is 11.1 Å². The van der Waals surface area contributed by atoms with Crippen LogP contribution in [0.2, 0.25) is 5.02 Å². The number of benzene rings is 2. The van der Waals surface area contributed by atoms with Crippen LogP contribution in [-0.4, -0.2) is 16.1 Å². The summed E-state index contributed by atoms with van der Waals surface area (Å²) in [7, 11) is 0. The minimum atomic E-state index is -4.62. The predicted octanol–water partition coefficient (Wildman–Crippen LogP) is 4.89. The maximum absolute atomic E-state index is 13.2. The number of nitrogens with zero attached hydrogens (tertiary/aromatic N) is 1. The lowest BCUT2D eigenvalue weighted by molar-refractivity contribution is -0.140. The van der Waals surface area contributed by atoms with E-state index in [4.69, 9.17) is 17.3 Å². The van der Waals surface area contributed by atoms with Crippen LogP contribution in [0.5, 0.6) is 0 Å². The van der Waals surface area contributed by atoms with E-state index in [1.165, 1.54) is 25.1 Å². The predicted molar refractivity (Wildman–Crippen MR) is 97.6 cm³/mol. The molecule has 0 aliphatic heterocycles. The zero-order valence-corrected chi connectivity index (χ0v) is 14.7. The Balaban J connectivity index is 1.90. The molecule has 0 spiro atoms. The van der Waals surface area contributed by atoms with Crippen LogP contribution in [0.1, 0.15) is 21.7 Å². The van der Waals surface area contributed by atoms with Gasteiger partial charge in [-0.2, -0.15) is 18.3 Å². The van der Waals surface area contributed by atoms with Crippen molar-refractivity contribution in [3.63, 3.8) is 0 Å². The highest BCUT2D eigenvalue weighted by molar-refractivity contribution is 6.30. The van der Waals surface area contributed by atoms with E-state index >= 15 is 0 Å². The van der Waals surface area contributed by atoms with Gasteiger partial charge in [-0.3, -0.25) is 9.89 Å². The van der Waals surface area contributed by atoms with Gasteiger partial charge in [0.2, 0.25) is 0 Å². The first-order valence-corrected chi connectivity index (χ1v) is 8.13. The minimum absolute atomic E-state index is 0.0823. The smallest absolute Gasteiger partial charge is 0.398 e. The summed E-state index contributed by atoms with van der Waals surface area (Å²) < 4.78 is 39.5. The molecule has 0 aliphatic rings. The monoisotopic (exact) mass is 394 g/mol. The van der Waals surface area contributed by atoms with Gasteiger partial charge in [0.05, 0.1) is 0 Å². The summed E-state index contributed by atoms with van der Waals surface area (Å²) in [5.41, 5.74) is 6.04. The normalized spacial score (nSPS) is 11.4. The van der Waals surface area contributed by atoms with E-state index in [9.17, 15) is 18.0 Å². The molecule has 0 saturated carbocycles. The maximum Gasteiger partial charge on any atom is 0.435 e. The fraction of sp³-hybridized carbons (Fsp3) is 0.111. The molecule has 0 radical (unpaired) electrons. The summed E-state index contributed by atoms with van der Waals surface area (Å²) in [6.07, 6.45) is -4.62. The first kappa shape index (κ1) is 18.8. The van der Waals surface area contributed by atoms with Crippen molar-refractivity contribution < 1.29 is 18.0 Å². The number of carbonyl (C=O) groups excluding carboxylic acids is 1. The molecule has 140 valence electrons. The summed E-state index contributed by atoms with van der Waals surface area (Å²) in [4.78, 5) is 12.2. The topological polar surface area (TPSA) is 83.8 Å². The number of aromatic amines is 1. The molecule has 1 heterocycles. The lowest BCUT2D eigenvalue weighted by atomic mass is 10.0. The van der Waals surface area contributed by atoms with Crippen molar-refractivity contribution in [1.29, 1.82) is 0 Å². The number of carbonyl (C=O) groups is 1. The van der Waals surface area contributed by atoms with Crippen LogP contribution in [0.4, 0.5) is 24.5 Å². The molecule has 0 fully saturated rings. The number of hydrogen-bond donors (Lipinski definition) is 3. The Labute approximate surface area is 157 Å². The van der Waals surface area contributed by atoms with Crippen LogP contribution in [0, 0.1) is 6.92 Å². The molecule has 9 heteroatoms. The average Bonchev–Trinajstić information content (AvgIpc) is 2.97. The van der Waals surface area contributed by atoms with E-state index < -0.39 is 17.8 Å². The highest BCUT2D eigenvalue weighted by atomic mass is 35.5. The molecular formula is C18H14ClF3N4O. The number of nitrogens with two attached hydrogens (primary N) is 1. The molecule has 0 bridgehead atoms. The maximum atomic E-state index is 13.2. The van der Waals surface area contributed by atoms with Crippen LogP contribution in [0.15, 0.2) is 42.5 Å². The van der Waals surface area contributed by atoms with E-state index in [1.807, 2.05) is 0 Å². The lowest BCUT2D eigenvalue weighted by Crippen LogP contribution is -2.12. The summed E-state index contributed by atoms with van der Waals surface area (Å²) in [5, 5.41) is 8.81. The van der Waals surface area contributed by atoms with Gasteiger partial charge in [-0.25, -0.2) is 0 Å². The molecule has 27 heavy (non-hydrogen) atoms. The second kappa shape index (κ2) is 6.96. The van der Waals surface area contributed by atoms with Crippen molar-refractivity contribution in [2.24, 2.45) is 0 Å². The number of H-pyrrole nitrogens is 1. The summed E-state index contributed by atoms with van der Waals surface area (Å²) >= 11 is 5.79. The van der Waals surface area contributed by atoms with Crippen molar-refractivity contribution >= 4 is 28.9 Å². The van der Waals surface area contributed by atoms with Crippen LogP contribution in [-0.2, 0) is 6.18 Å². The second-order valence-electron chi connectivity index (χ2n) is 5.83. The summed E-state index contributed by atoms with van der Waals surface area (Å²) in [6, 6.07) is 10.6. The van der Waals surface area contributed by atoms with Crippen molar-refractivity contribution in [3.8, 4) is 11.1 Å². The third-order valence-electron chi connectivity index (χ3n) is 3.90. The van der Waals surface area contributed by atoms with Gasteiger partial charge in [0.15, 0.2) is 5.69 Å². The van der Waals surface area contributed by atoms with Gasteiger partial charge >= 0.3 is 6.18 Å². The Hall–Kier alpha value is -3.00. The number of nitrogens with one attached hydrogen (secondary N) is 2. The molecule has 4 N–H and O–H groups in total. The number of anilines is 2. The third kappa shape index (κ3) is 3.90. The number of aryl methyl sites for hydroxylation is 1. The fourth-order valence-electron chi connectivity index (χ4n) is 2.64. The highest BCUT2D eigenvalue weighted by Crippen LogP contribution is 2.40. The molecule has 3 aromatic rings. The van der Waals surface area contributed by atoms with Crippen LogP contribution in [0.3, 0.4) is 0 Å². The van der Waals surface area contributed by atoms with Gasteiger partial charge in [0, 0.05) is 38.8 Å². The van der Waals surface area contributed by atoms with E-state index in [0.29, 0.717) is 16.3 Å². The minimum Gasteiger partial charge on any atom is -0.398 e. The molecule has 0 unspecified atom stereocenters. The molecule has 1 aromatic heterocycles. The third-order valence-corrected chi connectivity index (χ3v) is 4.15. The number of nitrogen functional groups attached to an aromatic ring is 1. The Bertz CT molecular complexity index is 997. The molecule has 0 saturated heterocycles. The molecular weight excluding hydrogens is 381 g/mol. The molecule has 2 aromatic carbocycles. The van der Waals surface area contributed by atoms with E-state index in [-0.39, 0.29) is 22.5 Å². The van der Waals surface area contributed by atoms with Gasteiger partial charge in [-0.05, 0) is 43.3 Å². The molecule has 0 atom stereocenters. The number of aromatic nitrogens is 2. The van der Waals surface area contributed by atoms with Crippen LogP contribution >= 0.6 is 11.6 Å². The van der Waals surface area contributed by atoms with Crippen LogP contribution < -0.4 is 11.1 Å². The first-order valence-electron chi connectivity index (χ1n) is 7.76. The van der Waals surface area contributed by atoms with Gasteiger partial charge in [0.25, 0.3) is 5.91 Å². The lowest BCUT2D eigenvalue weighted by Gasteiger charge is -2.12. The van der Waals surface area contributed by atoms with E-state index in [2.05, 4.69) is 15.5 Å². The quantitative estimate of drug-likeness (QED) is 0.553. The van der Waals surface area contributed by atoms with Gasteiger partial charge in [0.1, 0.15) is 0 Å². The standard InChI is InChI=1S/C18H14ClF3N4O/c1-9-15(16(26-25-9)18(20,21)22)13-7-6-12(8-14(13)23)24-17(27)10-2-4-11(19)5-3-10/h2-8H,23H2,1H3,(H,24,27)(H,25,26). The number of halogens is 4. The largest absolute Gasteiger partial charge is 0.435 e. The summed E-state index contributed by atoms with van der Waals surface area (Å²) in [5.74, 6) is -0.394. The second-order valence-corrected chi connectivity index (χ2v) is 6.27. The number of alkyl halides is 3. The molecule has 3 rings (SSSR count). The van der Waals surface area contributed by atoms with E-state index in [1.54, 1.807) is 24.3 Å². The first-order chi connectivity index (χ1) is 12.7. The Morgan fingerprint density at radius 3 is 2.44 bits per heavy atom. The van der Waals surface area contributed by atoms with Crippen molar-refractivity contribution in [3.05, 3.63) is 64.4 Å². The Kier molecular flexibility index (Phi) is 4.84. The molecule has 0 aliphatic carbocycles. The van der Waals surface area contributed by atoms with Crippen molar-refractivity contribution in [2.75, 3.05) is 11.1 Å². The van der Waals surface area contributed by atoms with Crippen molar-refractivity contribution in [2.45, 2.75) is 13.1 Å². The number of rotatable bonds is 3. The zero-order chi connectivity index (χ0) is 19.8. The highest BCUT2D eigenvalue weighted by Gasteiger charge is 2.38. The SMILES string of the molecule is Cc1[nH]nc(C(F)(F)F)c1-c1ccc(NC(=O)c2ccc(Cl)cc2)cc1N. The van der Waals surface area contributed by atoms with Gasteiger partial charge in [-0.15, -0.1) is 0 Å². The van der Waals surface area contributed by atoms with Crippen LogP contribution in [0.25, 0.3) is 11.1 Å².